The highest BCUT2D eigenvalue weighted by Gasteiger charge is 2.33. The van der Waals surface area contributed by atoms with Crippen molar-refractivity contribution in [2.75, 3.05) is 17.3 Å². The van der Waals surface area contributed by atoms with Crippen LogP contribution in [0.5, 0.6) is 0 Å². The number of anilines is 2. The normalized spacial score (nSPS) is 18.2. The summed E-state index contributed by atoms with van der Waals surface area (Å²) in [5, 5.41) is 11.7. The third-order valence-electron chi connectivity index (χ3n) is 3.46. The van der Waals surface area contributed by atoms with Gasteiger partial charge in [0.05, 0.1) is 17.8 Å². The molecule has 0 fully saturated rings. The molecule has 1 amide bonds. The van der Waals surface area contributed by atoms with E-state index in [1.807, 2.05) is 18.2 Å². The Hall–Kier alpha value is -2.04. The van der Waals surface area contributed by atoms with Crippen molar-refractivity contribution in [1.82, 2.24) is 0 Å². The topological polar surface area (TPSA) is 69.6 Å². The molecular formula is C14H18N2O3. The second-order valence-electron chi connectivity index (χ2n) is 5.11. The van der Waals surface area contributed by atoms with Crippen LogP contribution < -0.4 is 10.2 Å². The van der Waals surface area contributed by atoms with E-state index in [0.717, 1.165) is 16.9 Å². The number of fused-ring (bicyclic) bond motifs is 1. The van der Waals surface area contributed by atoms with Gasteiger partial charge < -0.3 is 15.3 Å². The lowest BCUT2D eigenvalue weighted by molar-refractivity contribution is -0.138. The first-order valence-electron chi connectivity index (χ1n) is 6.30. The van der Waals surface area contributed by atoms with Gasteiger partial charge in [-0.15, -0.1) is 0 Å². The molecule has 2 rings (SSSR count). The number of amides is 1. The monoisotopic (exact) mass is 262 g/mol. The standard InChI is InChI=1S/C14H18N2O3/c1-8(2)9-5-4-6-10-13(9)15-14(19)11(16(10)3)7-12(17)18/h4-6,8,11H,7H2,1-3H3,(H,15,19)(H,17,18). The van der Waals surface area contributed by atoms with Crippen LogP contribution in [0.1, 0.15) is 31.7 Å². The molecule has 1 aromatic rings. The summed E-state index contributed by atoms with van der Waals surface area (Å²) in [6.45, 7) is 4.12. The van der Waals surface area contributed by atoms with Crippen molar-refractivity contribution in [3.63, 3.8) is 0 Å². The molecule has 5 heteroatoms. The van der Waals surface area contributed by atoms with Gasteiger partial charge >= 0.3 is 5.97 Å². The highest BCUT2D eigenvalue weighted by Crippen LogP contribution is 2.37. The Balaban J connectivity index is 2.44. The molecule has 0 aliphatic carbocycles. The SMILES string of the molecule is CC(C)c1cccc2c1NC(=O)C(CC(=O)O)N2C. The first-order chi connectivity index (χ1) is 8.91. The van der Waals surface area contributed by atoms with Gasteiger partial charge in [-0.25, -0.2) is 0 Å². The van der Waals surface area contributed by atoms with Crippen LogP contribution in [-0.4, -0.2) is 30.1 Å². The minimum atomic E-state index is -0.976. The molecule has 1 aromatic carbocycles. The minimum absolute atomic E-state index is 0.201. The molecule has 0 saturated heterocycles. The second-order valence-corrected chi connectivity index (χ2v) is 5.11. The van der Waals surface area contributed by atoms with E-state index in [0.29, 0.717) is 5.92 Å². The summed E-state index contributed by atoms with van der Waals surface area (Å²) in [6, 6.07) is 5.15. The van der Waals surface area contributed by atoms with E-state index in [-0.39, 0.29) is 12.3 Å². The summed E-state index contributed by atoms with van der Waals surface area (Å²) < 4.78 is 0. The predicted octanol–water partition coefficient (Wildman–Crippen LogP) is 2.04. The summed E-state index contributed by atoms with van der Waals surface area (Å²) in [4.78, 5) is 24.6. The van der Waals surface area contributed by atoms with Gasteiger partial charge in [0, 0.05) is 7.05 Å². The highest BCUT2D eigenvalue weighted by molar-refractivity contribution is 6.05. The molecule has 0 aromatic heterocycles. The van der Waals surface area contributed by atoms with E-state index in [1.54, 1.807) is 11.9 Å². The Bertz CT molecular complexity index is 525. The Labute approximate surface area is 112 Å². The lowest BCUT2D eigenvalue weighted by Crippen LogP contribution is -2.47. The summed E-state index contributed by atoms with van der Waals surface area (Å²) in [5.74, 6) is -0.944. The Morgan fingerprint density at radius 1 is 1.47 bits per heavy atom. The van der Waals surface area contributed by atoms with Crippen LogP contribution in [0.2, 0.25) is 0 Å². The molecular weight excluding hydrogens is 244 g/mol. The molecule has 0 saturated carbocycles. The summed E-state index contributed by atoms with van der Waals surface area (Å²) in [5.41, 5.74) is 2.73. The van der Waals surface area contributed by atoms with E-state index >= 15 is 0 Å². The molecule has 1 unspecified atom stereocenters. The predicted molar refractivity (Wildman–Crippen MR) is 73.6 cm³/mol. The third-order valence-corrected chi connectivity index (χ3v) is 3.46. The quantitative estimate of drug-likeness (QED) is 0.874. The summed E-state index contributed by atoms with van der Waals surface area (Å²) in [6.07, 6.45) is -0.201. The smallest absolute Gasteiger partial charge is 0.305 e. The molecule has 1 heterocycles. The maximum Gasteiger partial charge on any atom is 0.305 e. The zero-order valence-corrected chi connectivity index (χ0v) is 11.3. The van der Waals surface area contributed by atoms with Gasteiger partial charge in [0.1, 0.15) is 6.04 Å². The number of hydrogen-bond acceptors (Lipinski definition) is 3. The molecule has 19 heavy (non-hydrogen) atoms. The molecule has 0 spiro atoms. The molecule has 5 nitrogen and oxygen atoms in total. The van der Waals surface area contributed by atoms with Gasteiger partial charge in [-0.1, -0.05) is 26.0 Å². The number of benzene rings is 1. The van der Waals surface area contributed by atoms with E-state index in [1.165, 1.54) is 0 Å². The van der Waals surface area contributed by atoms with Gasteiger partial charge in [-0.3, -0.25) is 9.59 Å². The van der Waals surface area contributed by atoms with Crippen LogP contribution in [0.15, 0.2) is 18.2 Å². The van der Waals surface area contributed by atoms with Crippen molar-refractivity contribution in [2.24, 2.45) is 0 Å². The fourth-order valence-corrected chi connectivity index (χ4v) is 2.41. The molecule has 1 atom stereocenters. The van der Waals surface area contributed by atoms with Gasteiger partial charge in [-0.05, 0) is 17.5 Å². The number of rotatable bonds is 3. The summed E-state index contributed by atoms with van der Waals surface area (Å²) >= 11 is 0. The Morgan fingerprint density at radius 3 is 2.74 bits per heavy atom. The van der Waals surface area contributed by atoms with Crippen LogP contribution in [0.4, 0.5) is 11.4 Å². The van der Waals surface area contributed by atoms with Gasteiger partial charge in [0.2, 0.25) is 5.91 Å². The minimum Gasteiger partial charge on any atom is -0.481 e. The van der Waals surface area contributed by atoms with Gasteiger partial charge in [0.25, 0.3) is 0 Å². The number of carboxylic acid groups (broad SMARTS) is 1. The van der Waals surface area contributed by atoms with E-state index < -0.39 is 12.0 Å². The number of carbonyl (C=O) groups excluding carboxylic acids is 1. The van der Waals surface area contributed by atoms with E-state index in [9.17, 15) is 9.59 Å². The van der Waals surface area contributed by atoms with Gasteiger partial charge in [-0.2, -0.15) is 0 Å². The van der Waals surface area contributed by atoms with Crippen molar-refractivity contribution in [3.05, 3.63) is 23.8 Å². The molecule has 2 N–H and O–H groups in total. The highest BCUT2D eigenvalue weighted by atomic mass is 16.4. The number of nitrogens with zero attached hydrogens (tertiary/aromatic N) is 1. The second kappa shape index (κ2) is 4.91. The van der Waals surface area contributed by atoms with Crippen LogP contribution in [0.3, 0.4) is 0 Å². The Kier molecular flexibility index (Phi) is 3.46. The van der Waals surface area contributed by atoms with Crippen molar-refractivity contribution >= 4 is 23.3 Å². The number of nitrogens with one attached hydrogen (secondary N) is 1. The molecule has 102 valence electrons. The lowest BCUT2D eigenvalue weighted by atomic mass is 9.96. The van der Waals surface area contributed by atoms with Crippen molar-refractivity contribution in [1.29, 1.82) is 0 Å². The van der Waals surface area contributed by atoms with Crippen LogP contribution in [0, 0.1) is 0 Å². The third kappa shape index (κ3) is 2.41. The lowest BCUT2D eigenvalue weighted by Gasteiger charge is -2.36. The fourth-order valence-electron chi connectivity index (χ4n) is 2.41. The zero-order chi connectivity index (χ0) is 14.2. The first-order valence-corrected chi connectivity index (χ1v) is 6.30. The number of likely N-dealkylation sites (N-methyl/N-ethyl adjacent to an activating group) is 1. The number of carboxylic acids is 1. The maximum atomic E-state index is 12.1. The number of hydrogen-bond donors (Lipinski definition) is 2. The van der Waals surface area contributed by atoms with E-state index in [2.05, 4.69) is 19.2 Å². The largest absolute Gasteiger partial charge is 0.481 e. The molecule has 0 bridgehead atoms. The molecule has 1 aliphatic rings. The Morgan fingerprint density at radius 2 is 2.16 bits per heavy atom. The number of para-hydroxylation sites is 1. The fraction of sp³-hybridized carbons (Fsp3) is 0.429. The average Bonchev–Trinajstić information content (AvgIpc) is 2.33. The van der Waals surface area contributed by atoms with Crippen LogP contribution in [-0.2, 0) is 9.59 Å². The van der Waals surface area contributed by atoms with E-state index in [4.69, 9.17) is 5.11 Å². The van der Waals surface area contributed by atoms with Crippen molar-refractivity contribution in [3.8, 4) is 0 Å². The zero-order valence-electron chi connectivity index (χ0n) is 11.3. The first kappa shape index (κ1) is 13.4. The van der Waals surface area contributed by atoms with Gasteiger partial charge in [0.15, 0.2) is 0 Å². The number of aliphatic carboxylic acids is 1. The summed E-state index contributed by atoms with van der Waals surface area (Å²) in [7, 11) is 1.76. The number of carbonyl (C=O) groups is 2. The van der Waals surface area contributed by atoms with Crippen LogP contribution >= 0.6 is 0 Å². The average molecular weight is 262 g/mol. The van der Waals surface area contributed by atoms with Crippen molar-refractivity contribution in [2.45, 2.75) is 32.2 Å². The molecule has 0 radical (unpaired) electrons. The van der Waals surface area contributed by atoms with Crippen molar-refractivity contribution < 1.29 is 14.7 Å². The van der Waals surface area contributed by atoms with Crippen LogP contribution in [0.25, 0.3) is 0 Å². The molecule has 1 aliphatic heterocycles. The maximum absolute atomic E-state index is 12.1.